The standard InChI is InChI=1S/C16H23ClN6O.HI/c1-12-20-21-15(23(12)4)11-19-16(18-2)22(3)9-10-24-14-7-5-13(17)6-8-14;/h5-8H,9-11H2,1-4H3,(H,18,19);1H. The molecule has 0 fully saturated rings. The van der Waals surface area contributed by atoms with Gasteiger partial charge in [0.05, 0.1) is 13.1 Å². The van der Waals surface area contributed by atoms with Gasteiger partial charge >= 0.3 is 0 Å². The summed E-state index contributed by atoms with van der Waals surface area (Å²) >= 11 is 5.86. The number of rotatable bonds is 6. The summed E-state index contributed by atoms with van der Waals surface area (Å²) < 4.78 is 7.65. The molecule has 0 amide bonds. The highest BCUT2D eigenvalue weighted by atomic mass is 127. The van der Waals surface area contributed by atoms with Gasteiger partial charge in [0.25, 0.3) is 0 Å². The topological polar surface area (TPSA) is 67.6 Å². The lowest BCUT2D eigenvalue weighted by Crippen LogP contribution is -2.40. The zero-order chi connectivity index (χ0) is 17.5. The molecule has 0 aliphatic rings. The van der Waals surface area contributed by atoms with Crippen LogP contribution in [0.15, 0.2) is 29.3 Å². The first kappa shape index (κ1) is 21.5. The fourth-order valence-electron chi connectivity index (χ4n) is 2.08. The van der Waals surface area contributed by atoms with Crippen molar-refractivity contribution in [3.63, 3.8) is 0 Å². The predicted octanol–water partition coefficient (Wildman–Crippen LogP) is 2.48. The summed E-state index contributed by atoms with van der Waals surface area (Å²) in [7, 11) is 5.65. The van der Waals surface area contributed by atoms with E-state index in [2.05, 4.69) is 20.5 Å². The number of benzene rings is 1. The van der Waals surface area contributed by atoms with Crippen LogP contribution in [0.25, 0.3) is 0 Å². The van der Waals surface area contributed by atoms with Gasteiger partial charge in [0.2, 0.25) is 0 Å². The number of aromatic nitrogens is 3. The second kappa shape index (κ2) is 10.4. The van der Waals surface area contributed by atoms with Crippen molar-refractivity contribution in [3.8, 4) is 5.75 Å². The predicted molar refractivity (Wildman–Crippen MR) is 111 cm³/mol. The summed E-state index contributed by atoms with van der Waals surface area (Å²) in [6.45, 7) is 3.72. The van der Waals surface area contributed by atoms with Crippen molar-refractivity contribution in [1.82, 2.24) is 25.0 Å². The van der Waals surface area contributed by atoms with Crippen LogP contribution in [0.2, 0.25) is 5.02 Å². The molecule has 0 aliphatic carbocycles. The summed E-state index contributed by atoms with van der Waals surface area (Å²) in [5, 5.41) is 12.1. The van der Waals surface area contributed by atoms with Gasteiger partial charge < -0.3 is 19.5 Å². The highest BCUT2D eigenvalue weighted by Gasteiger charge is 2.09. The molecule has 1 aromatic carbocycles. The van der Waals surface area contributed by atoms with Crippen LogP contribution in [-0.4, -0.2) is 52.9 Å². The maximum absolute atomic E-state index is 5.86. The Morgan fingerprint density at radius 1 is 1.32 bits per heavy atom. The molecule has 0 saturated heterocycles. The maximum atomic E-state index is 5.86. The van der Waals surface area contributed by atoms with Gasteiger partial charge in [-0.3, -0.25) is 4.99 Å². The Hall–Kier alpha value is -1.55. The molecule has 138 valence electrons. The largest absolute Gasteiger partial charge is 0.492 e. The van der Waals surface area contributed by atoms with Crippen molar-refractivity contribution in [1.29, 1.82) is 0 Å². The van der Waals surface area contributed by atoms with Gasteiger partial charge in [0.1, 0.15) is 18.2 Å². The Morgan fingerprint density at radius 3 is 2.56 bits per heavy atom. The van der Waals surface area contributed by atoms with E-state index in [0.29, 0.717) is 24.7 Å². The highest BCUT2D eigenvalue weighted by Crippen LogP contribution is 2.15. The first-order chi connectivity index (χ1) is 11.5. The molecule has 1 N–H and O–H groups in total. The van der Waals surface area contributed by atoms with E-state index in [9.17, 15) is 0 Å². The number of halogens is 2. The molecule has 1 heterocycles. The van der Waals surface area contributed by atoms with Crippen LogP contribution in [-0.2, 0) is 13.6 Å². The van der Waals surface area contributed by atoms with Crippen LogP contribution in [0.3, 0.4) is 0 Å². The fourth-order valence-corrected chi connectivity index (χ4v) is 2.21. The molecule has 1 aromatic heterocycles. The third-order valence-corrected chi connectivity index (χ3v) is 3.92. The second-order valence-corrected chi connectivity index (χ2v) is 5.78. The van der Waals surface area contributed by atoms with Gasteiger partial charge in [-0.1, -0.05) is 11.6 Å². The lowest BCUT2D eigenvalue weighted by Gasteiger charge is -2.22. The van der Waals surface area contributed by atoms with E-state index in [4.69, 9.17) is 16.3 Å². The number of likely N-dealkylation sites (N-methyl/N-ethyl adjacent to an activating group) is 1. The minimum absolute atomic E-state index is 0. The molecule has 0 bridgehead atoms. The zero-order valence-corrected chi connectivity index (χ0v) is 17.9. The molecule has 0 unspecified atom stereocenters. The average molecular weight is 479 g/mol. The Balaban J connectivity index is 0.00000312. The van der Waals surface area contributed by atoms with Crippen molar-refractivity contribution < 1.29 is 4.74 Å². The molecule has 7 nitrogen and oxygen atoms in total. The lowest BCUT2D eigenvalue weighted by molar-refractivity contribution is 0.281. The van der Waals surface area contributed by atoms with Crippen LogP contribution < -0.4 is 10.1 Å². The number of guanidine groups is 1. The van der Waals surface area contributed by atoms with Crippen LogP contribution in [0.4, 0.5) is 0 Å². The molecule has 0 atom stereocenters. The first-order valence-corrected chi connectivity index (χ1v) is 8.04. The van der Waals surface area contributed by atoms with Gasteiger partial charge in [-0.05, 0) is 31.2 Å². The average Bonchev–Trinajstić information content (AvgIpc) is 2.89. The minimum atomic E-state index is 0. The fraction of sp³-hybridized carbons (Fsp3) is 0.438. The first-order valence-electron chi connectivity index (χ1n) is 7.66. The molecular weight excluding hydrogens is 455 g/mol. The van der Waals surface area contributed by atoms with E-state index >= 15 is 0 Å². The van der Waals surface area contributed by atoms with E-state index in [-0.39, 0.29) is 24.0 Å². The van der Waals surface area contributed by atoms with Gasteiger partial charge in [-0.15, -0.1) is 34.2 Å². The van der Waals surface area contributed by atoms with Gasteiger partial charge in [0.15, 0.2) is 11.8 Å². The zero-order valence-electron chi connectivity index (χ0n) is 14.9. The summed E-state index contributed by atoms with van der Waals surface area (Å²) in [6, 6.07) is 7.32. The quantitative estimate of drug-likeness (QED) is 0.392. The third-order valence-electron chi connectivity index (χ3n) is 3.67. The van der Waals surface area contributed by atoms with Crippen LogP contribution in [0.1, 0.15) is 11.6 Å². The number of hydrogen-bond donors (Lipinski definition) is 1. The van der Waals surface area contributed by atoms with E-state index in [0.717, 1.165) is 23.4 Å². The number of aryl methyl sites for hydroxylation is 1. The SMILES string of the molecule is CN=C(NCc1nnc(C)n1C)N(C)CCOc1ccc(Cl)cc1.I. The van der Waals surface area contributed by atoms with Crippen molar-refractivity contribution in [2.45, 2.75) is 13.5 Å². The Labute approximate surface area is 170 Å². The van der Waals surface area contributed by atoms with E-state index < -0.39 is 0 Å². The van der Waals surface area contributed by atoms with Crippen LogP contribution in [0, 0.1) is 6.92 Å². The maximum Gasteiger partial charge on any atom is 0.193 e. The molecule has 25 heavy (non-hydrogen) atoms. The van der Waals surface area contributed by atoms with Gasteiger partial charge in [-0.2, -0.15) is 0 Å². The third kappa shape index (κ3) is 6.35. The molecule has 2 aromatic rings. The summed E-state index contributed by atoms with van der Waals surface area (Å²) in [5.74, 6) is 3.31. The van der Waals surface area contributed by atoms with E-state index in [1.165, 1.54) is 0 Å². The molecule has 0 aliphatic heterocycles. The summed E-state index contributed by atoms with van der Waals surface area (Å²) in [4.78, 5) is 6.28. The number of aliphatic imine (C=N–C) groups is 1. The number of nitrogens with one attached hydrogen (secondary N) is 1. The van der Waals surface area contributed by atoms with Gasteiger partial charge in [-0.25, -0.2) is 0 Å². The Morgan fingerprint density at radius 2 is 2.00 bits per heavy atom. The summed E-state index contributed by atoms with van der Waals surface area (Å²) in [5.41, 5.74) is 0. The van der Waals surface area contributed by atoms with E-state index in [1.54, 1.807) is 7.05 Å². The molecule has 0 spiro atoms. The highest BCUT2D eigenvalue weighted by molar-refractivity contribution is 14.0. The molecule has 0 saturated carbocycles. The number of hydrogen-bond acceptors (Lipinski definition) is 4. The molecular formula is C16H24ClIN6O. The van der Waals surface area contributed by atoms with Gasteiger partial charge in [0, 0.05) is 26.2 Å². The Bertz CT molecular complexity index is 688. The normalized spacial score (nSPS) is 11.0. The summed E-state index contributed by atoms with van der Waals surface area (Å²) in [6.07, 6.45) is 0. The molecule has 0 radical (unpaired) electrons. The van der Waals surface area contributed by atoms with Crippen molar-refractivity contribution >= 4 is 41.5 Å². The Kier molecular flexibility index (Phi) is 8.98. The smallest absolute Gasteiger partial charge is 0.193 e. The lowest BCUT2D eigenvalue weighted by atomic mass is 10.3. The number of ether oxygens (including phenoxy) is 1. The second-order valence-electron chi connectivity index (χ2n) is 5.35. The van der Waals surface area contributed by atoms with Crippen molar-refractivity contribution in [2.24, 2.45) is 12.0 Å². The molecule has 2 rings (SSSR count). The number of nitrogens with zero attached hydrogens (tertiary/aromatic N) is 5. The monoisotopic (exact) mass is 478 g/mol. The van der Waals surface area contributed by atoms with Crippen LogP contribution in [0.5, 0.6) is 5.75 Å². The van der Waals surface area contributed by atoms with Crippen molar-refractivity contribution in [2.75, 3.05) is 27.2 Å². The van der Waals surface area contributed by atoms with Crippen molar-refractivity contribution in [3.05, 3.63) is 40.9 Å². The van der Waals surface area contributed by atoms with Crippen LogP contribution >= 0.6 is 35.6 Å². The minimum Gasteiger partial charge on any atom is -0.492 e. The van der Waals surface area contributed by atoms with E-state index in [1.807, 2.05) is 54.8 Å². The molecule has 9 heteroatoms.